The molecular formula is C33H32FN3O7. The maximum atomic E-state index is 15.3. The molecule has 1 amide bonds. The molecule has 0 bridgehead atoms. The lowest BCUT2D eigenvalue weighted by molar-refractivity contribution is 0.0216. The molecule has 1 fully saturated rings. The van der Waals surface area contributed by atoms with Crippen molar-refractivity contribution in [2.24, 2.45) is 0 Å². The van der Waals surface area contributed by atoms with Crippen molar-refractivity contribution >= 4 is 35.2 Å². The van der Waals surface area contributed by atoms with Gasteiger partial charge in [-0.05, 0) is 63.8 Å². The number of carbonyl (C=O) groups excluding carboxylic acids is 4. The Hall–Kier alpha value is -4.65. The van der Waals surface area contributed by atoms with Crippen LogP contribution in [0.15, 0.2) is 57.8 Å². The number of carbonyl (C=O) groups is 1. The van der Waals surface area contributed by atoms with Crippen LogP contribution in [-0.2, 0) is 30.4 Å². The monoisotopic (exact) mass is 601 g/mol. The largest absolute Gasteiger partial charge is 0.479 e. The number of rotatable bonds is 4. The smallest absolute Gasteiger partial charge is 0.410 e. The molecule has 0 radical (unpaired) electrons. The van der Waals surface area contributed by atoms with Gasteiger partial charge in [-0.25, -0.2) is 23.6 Å². The van der Waals surface area contributed by atoms with E-state index in [1.165, 1.54) is 12.1 Å². The van der Waals surface area contributed by atoms with E-state index in [0.29, 0.717) is 33.8 Å². The zero-order chi connectivity index (χ0) is 31.7. The van der Waals surface area contributed by atoms with Crippen molar-refractivity contribution in [2.75, 3.05) is 25.1 Å². The molecule has 5 aliphatic rings. The molecule has 0 unspecified atom stereocenters. The van der Waals surface area contributed by atoms with Crippen LogP contribution in [0.3, 0.4) is 0 Å². The van der Waals surface area contributed by atoms with Gasteiger partial charge in [0.2, 0.25) is 5.76 Å². The fourth-order valence-electron chi connectivity index (χ4n) is 6.46. The lowest BCUT2D eigenvalue weighted by atomic mass is 9.79. The van der Waals surface area contributed by atoms with E-state index in [2.05, 4.69) is 0 Å². The fourth-order valence-corrected chi connectivity index (χ4v) is 6.46. The summed E-state index contributed by atoms with van der Waals surface area (Å²) in [5, 5.41) is 11.5. The van der Waals surface area contributed by atoms with Gasteiger partial charge in [-0.2, -0.15) is 0 Å². The van der Waals surface area contributed by atoms with Crippen LogP contribution < -0.4 is 4.90 Å². The minimum atomic E-state index is -1.85. The van der Waals surface area contributed by atoms with Gasteiger partial charge in [-0.3, -0.25) is 0 Å². The molecule has 6 rings (SSSR count). The molecule has 1 aromatic carbocycles. The third-order valence-electron chi connectivity index (χ3n) is 8.66. The number of fused-ring (bicyclic) bond motifs is 3. The van der Waals surface area contributed by atoms with Crippen LogP contribution in [0.1, 0.15) is 58.1 Å². The van der Waals surface area contributed by atoms with Crippen molar-refractivity contribution in [2.45, 2.75) is 70.7 Å². The summed E-state index contributed by atoms with van der Waals surface area (Å²) in [5.41, 5.74) is 1.00. The highest BCUT2D eigenvalue weighted by Gasteiger charge is 2.49. The molecule has 44 heavy (non-hydrogen) atoms. The van der Waals surface area contributed by atoms with Crippen molar-refractivity contribution in [3.8, 4) is 0 Å². The maximum Gasteiger partial charge on any atom is 0.410 e. The van der Waals surface area contributed by atoms with Crippen LogP contribution in [0.5, 0.6) is 0 Å². The molecule has 0 spiro atoms. The summed E-state index contributed by atoms with van der Waals surface area (Å²) >= 11 is 0. The van der Waals surface area contributed by atoms with Crippen LogP contribution in [0.4, 0.5) is 14.9 Å². The van der Waals surface area contributed by atoms with Gasteiger partial charge in [0.25, 0.3) is 0 Å². The summed E-state index contributed by atoms with van der Waals surface area (Å²) in [5.74, 6) is 4.75. The second-order valence-electron chi connectivity index (χ2n) is 12.6. The Balaban J connectivity index is 1.48. The lowest BCUT2D eigenvalue weighted by Gasteiger charge is -2.39. The lowest BCUT2D eigenvalue weighted by Crippen LogP contribution is -2.42. The molecule has 1 N–H and O–H groups in total. The third kappa shape index (κ3) is 4.45. The Morgan fingerprint density at radius 2 is 1.93 bits per heavy atom. The molecule has 0 aromatic heterocycles. The van der Waals surface area contributed by atoms with Crippen molar-refractivity contribution in [1.82, 2.24) is 9.80 Å². The van der Waals surface area contributed by atoms with Crippen molar-refractivity contribution in [3.63, 3.8) is 0 Å². The Morgan fingerprint density at radius 1 is 1.20 bits per heavy atom. The first-order chi connectivity index (χ1) is 20.9. The SMILES string of the molecule is CC[C@@]1(O)C(=C=O)OCC2=C1C=C1C3=C(CN1C2=C=O)N(C)c1c(CN(C(=O)OC(C)(C)C)C2CC2)cc(F)cc1C3=C=O. The van der Waals surface area contributed by atoms with Crippen LogP contribution in [0.25, 0.3) is 5.57 Å². The molecule has 10 nitrogen and oxygen atoms in total. The first-order valence-corrected chi connectivity index (χ1v) is 14.5. The molecule has 4 heterocycles. The summed E-state index contributed by atoms with van der Waals surface area (Å²) in [6, 6.07) is 2.57. The highest BCUT2D eigenvalue weighted by atomic mass is 19.1. The van der Waals surface area contributed by atoms with Gasteiger partial charge in [0.1, 0.15) is 29.7 Å². The average molecular weight is 602 g/mol. The van der Waals surface area contributed by atoms with Gasteiger partial charge in [0, 0.05) is 41.1 Å². The molecule has 0 saturated heterocycles. The van der Waals surface area contributed by atoms with Crippen molar-refractivity contribution in [3.05, 3.63) is 74.7 Å². The minimum absolute atomic E-state index is 0.0401. The highest BCUT2D eigenvalue weighted by Crippen LogP contribution is 2.53. The maximum absolute atomic E-state index is 15.3. The molecule has 4 aliphatic heterocycles. The zero-order valence-electron chi connectivity index (χ0n) is 25.2. The summed E-state index contributed by atoms with van der Waals surface area (Å²) in [6.07, 6.45) is 2.80. The number of amides is 1. The molecule has 228 valence electrons. The third-order valence-corrected chi connectivity index (χ3v) is 8.66. The number of anilines is 1. The number of allylic oxidation sites excluding steroid dienone is 1. The summed E-state index contributed by atoms with van der Waals surface area (Å²) < 4.78 is 26.4. The summed E-state index contributed by atoms with van der Waals surface area (Å²) in [7, 11) is 1.78. The Labute approximate surface area is 253 Å². The van der Waals surface area contributed by atoms with Crippen LogP contribution in [-0.4, -0.2) is 76.3 Å². The van der Waals surface area contributed by atoms with E-state index in [9.17, 15) is 24.3 Å². The number of halogens is 1. The summed E-state index contributed by atoms with van der Waals surface area (Å²) in [6.45, 7) is 7.07. The minimum Gasteiger partial charge on any atom is -0.479 e. The Bertz CT molecular complexity index is 1760. The quantitative estimate of drug-likeness (QED) is 0.515. The van der Waals surface area contributed by atoms with Crippen LogP contribution in [0, 0.1) is 5.82 Å². The van der Waals surface area contributed by atoms with E-state index >= 15 is 4.39 Å². The highest BCUT2D eigenvalue weighted by molar-refractivity contribution is 6.07. The van der Waals surface area contributed by atoms with E-state index in [-0.39, 0.29) is 60.3 Å². The van der Waals surface area contributed by atoms with Gasteiger partial charge >= 0.3 is 6.09 Å². The van der Waals surface area contributed by atoms with Gasteiger partial charge < -0.3 is 29.3 Å². The molecule has 1 atom stereocenters. The van der Waals surface area contributed by atoms with Gasteiger partial charge in [0.05, 0.1) is 30.0 Å². The predicted octanol–water partition coefficient (Wildman–Crippen LogP) is 3.76. The first kappa shape index (κ1) is 29.4. The Morgan fingerprint density at radius 3 is 2.52 bits per heavy atom. The van der Waals surface area contributed by atoms with Gasteiger partial charge in [-0.15, -0.1) is 0 Å². The Kier molecular flexibility index (Phi) is 6.83. The summed E-state index contributed by atoms with van der Waals surface area (Å²) in [4.78, 5) is 55.1. The number of benzene rings is 1. The first-order valence-electron chi connectivity index (χ1n) is 14.5. The number of hydrogen-bond donors (Lipinski definition) is 1. The van der Waals surface area contributed by atoms with E-state index < -0.39 is 23.1 Å². The topological polar surface area (TPSA) is 117 Å². The molecule has 1 saturated carbocycles. The van der Waals surface area contributed by atoms with Crippen LogP contribution in [0.2, 0.25) is 0 Å². The number of likely N-dealkylation sites (N-methyl/N-ethyl adjacent to an activating group) is 1. The predicted molar refractivity (Wildman–Crippen MR) is 157 cm³/mol. The number of hydrogen-bond acceptors (Lipinski definition) is 9. The number of ether oxygens (including phenoxy) is 2. The van der Waals surface area contributed by atoms with E-state index in [4.69, 9.17) is 9.47 Å². The van der Waals surface area contributed by atoms with Crippen molar-refractivity contribution in [1.29, 1.82) is 0 Å². The standard InChI is InChI=1S/C33H32FN3O7/c1-6-33(42)24-11-25-29-22(14-38)21-10-19(34)9-18(12-36(20-7-8-20)31(41)44-32(2,3)4)30(21)35(5)26(29)13-37(25)27(15-39)23(24)17-43-28(33)16-40/h9-11,20,42H,6-8,12-13,17H2,1-5H3/t33-/m0/s1. The van der Waals surface area contributed by atoms with Crippen molar-refractivity contribution < 1.29 is 38.1 Å². The van der Waals surface area contributed by atoms with E-state index in [1.807, 2.05) is 16.8 Å². The molecule has 1 aliphatic carbocycles. The van der Waals surface area contributed by atoms with Gasteiger partial charge in [-0.1, -0.05) is 6.92 Å². The van der Waals surface area contributed by atoms with E-state index in [0.717, 1.165) is 12.8 Å². The number of aliphatic hydroxyl groups is 1. The second-order valence-corrected chi connectivity index (χ2v) is 12.6. The fraction of sp³-hybridized carbons (Fsp3) is 0.424. The van der Waals surface area contributed by atoms with Crippen LogP contribution >= 0.6 is 0 Å². The molecular weight excluding hydrogens is 569 g/mol. The zero-order valence-corrected chi connectivity index (χ0v) is 25.2. The molecule has 1 aromatic rings. The second kappa shape index (κ2) is 10.2. The normalized spacial score (nSPS) is 22.2. The number of nitrogens with zero attached hydrogens (tertiary/aromatic N) is 3. The van der Waals surface area contributed by atoms with E-state index in [1.54, 1.807) is 56.6 Å². The average Bonchev–Trinajstić information content (AvgIpc) is 3.74. The van der Waals surface area contributed by atoms with Gasteiger partial charge in [0.15, 0.2) is 17.5 Å². The molecule has 11 heteroatoms.